The summed E-state index contributed by atoms with van der Waals surface area (Å²) >= 11 is 0. The lowest BCUT2D eigenvalue weighted by molar-refractivity contribution is -0.237. The Kier molecular flexibility index (Phi) is 4.23. The van der Waals surface area contributed by atoms with Gasteiger partial charge in [0.1, 0.15) is 24.1 Å². The summed E-state index contributed by atoms with van der Waals surface area (Å²) < 4.78 is 29.0. The molecular formula is C17H22O5. The number of fused-ring (bicyclic) bond motifs is 1. The first-order valence-electron chi connectivity index (χ1n) is 7.39. The molecule has 0 spiro atoms. The first kappa shape index (κ1) is 15.5. The van der Waals surface area contributed by atoms with Crippen molar-refractivity contribution in [3.05, 3.63) is 48.2 Å². The summed E-state index contributed by atoms with van der Waals surface area (Å²) in [6.45, 7) is 8.10. The smallest absolute Gasteiger partial charge is 0.228 e. The minimum atomic E-state index is -0.696. The minimum Gasteiger partial charge on any atom is -0.464 e. The van der Waals surface area contributed by atoms with Gasteiger partial charge in [-0.15, -0.1) is 0 Å². The van der Waals surface area contributed by atoms with Crippen molar-refractivity contribution in [3.8, 4) is 0 Å². The zero-order chi connectivity index (χ0) is 15.7. The average molecular weight is 306 g/mol. The van der Waals surface area contributed by atoms with Gasteiger partial charge in [0, 0.05) is 7.11 Å². The maximum absolute atomic E-state index is 6.03. The third-order valence-electron chi connectivity index (χ3n) is 3.82. The number of methoxy groups -OCH3 is 1. The highest BCUT2D eigenvalue weighted by Crippen LogP contribution is 2.39. The Morgan fingerprint density at radius 1 is 1.18 bits per heavy atom. The molecule has 2 heterocycles. The summed E-state index contributed by atoms with van der Waals surface area (Å²) in [4.78, 5) is 0. The Hall–Kier alpha value is -1.40. The molecule has 3 rings (SSSR count). The fourth-order valence-electron chi connectivity index (χ4n) is 2.84. The van der Waals surface area contributed by atoms with Crippen molar-refractivity contribution in [1.29, 1.82) is 0 Å². The third-order valence-corrected chi connectivity index (χ3v) is 3.82. The van der Waals surface area contributed by atoms with E-state index >= 15 is 0 Å². The Bertz CT molecular complexity index is 527. The fraction of sp³-hybridized carbons (Fsp3) is 0.529. The molecule has 0 amide bonds. The topological polar surface area (TPSA) is 46.2 Å². The second-order valence-corrected chi connectivity index (χ2v) is 5.97. The van der Waals surface area contributed by atoms with E-state index in [1.165, 1.54) is 0 Å². The van der Waals surface area contributed by atoms with E-state index in [4.69, 9.17) is 23.7 Å². The van der Waals surface area contributed by atoms with E-state index in [2.05, 4.69) is 6.58 Å². The van der Waals surface area contributed by atoms with Gasteiger partial charge >= 0.3 is 0 Å². The molecule has 0 radical (unpaired) electrons. The molecule has 22 heavy (non-hydrogen) atoms. The van der Waals surface area contributed by atoms with Crippen LogP contribution < -0.4 is 0 Å². The molecule has 120 valence electrons. The van der Waals surface area contributed by atoms with Gasteiger partial charge < -0.3 is 23.7 Å². The second-order valence-electron chi connectivity index (χ2n) is 5.97. The van der Waals surface area contributed by atoms with Crippen LogP contribution in [0.25, 0.3) is 0 Å². The minimum absolute atomic E-state index is 0.301. The summed E-state index contributed by atoms with van der Waals surface area (Å²) in [6, 6.07) is 9.96. The molecule has 2 aliphatic heterocycles. The van der Waals surface area contributed by atoms with Gasteiger partial charge in [0.2, 0.25) is 6.29 Å². The van der Waals surface area contributed by atoms with Crippen molar-refractivity contribution in [2.75, 3.05) is 7.11 Å². The molecule has 2 fully saturated rings. The molecule has 4 atom stereocenters. The summed E-state index contributed by atoms with van der Waals surface area (Å²) in [7, 11) is 1.58. The standard InChI is InChI=1S/C17H22O5/c1-11-13-14(22-17(2,3)21-13)15(16(18-4)20-11)19-10-12-8-6-5-7-9-12/h5-9,13-16H,1,10H2,2-4H3. The van der Waals surface area contributed by atoms with Crippen LogP contribution in [-0.2, 0) is 30.3 Å². The molecule has 5 heteroatoms. The fourth-order valence-corrected chi connectivity index (χ4v) is 2.84. The van der Waals surface area contributed by atoms with E-state index in [0.29, 0.717) is 12.4 Å². The summed E-state index contributed by atoms with van der Waals surface area (Å²) in [5.41, 5.74) is 1.08. The molecule has 1 aromatic carbocycles. The number of ether oxygens (including phenoxy) is 5. The predicted molar refractivity (Wildman–Crippen MR) is 79.9 cm³/mol. The van der Waals surface area contributed by atoms with Gasteiger partial charge in [-0.3, -0.25) is 0 Å². The zero-order valence-electron chi connectivity index (χ0n) is 13.2. The Balaban J connectivity index is 1.75. The van der Waals surface area contributed by atoms with E-state index in [0.717, 1.165) is 5.56 Å². The van der Waals surface area contributed by atoms with Gasteiger partial charge in [-0.25, -0.2) is 0 Å². The van der Waals surface area contributed by atoms with E-state index in [1.54, 1.807) is 7.11 Å². The van der Waals surface area contributed by atoms with E-state index in [1.807, 2.05) is 44.2 Å². The van der Waals surface area contributed by atoms with Gasteiger partial charge in [-0.2, -0.15) is 0 Å². The molecule has 0 bridgehead atoms. The van der Waals surface area contributed by atoms with Gasteiger partial charge in [-0.1, -0.05) is 36.9 Å². The van der Waals surface area contributed by atoms with E-state index in [9.17, 15) is 0 Å². The van der Waals surface area contributed by atoms with Crippen molar-refractivity contribution >= 4 is 0 Å². The van der Waals surface area contributed by atoms with Crippen molar-refractivity contribution < 1.29 is 23.7 Å². The lowest BCUT2D eigenvalue weighted by Crippen LogP contribution is -2.52. The lowest BCUT2D eigenvalue weighted by atomic mass is 10.0. The third kappa shape index (κ3) is 3.03. The molecule has 4 unspecified atom stereocenters. The maximum Gasteiger partial charge on any atom is 0.228 e. The highest BCUT2D eigenvalue weighted by molar-refractivity contribution is 5.14. The SMILES string of the molecule is C=C1OC(OC)C(OCc2ccccc2)C2OC(C)(C)OC12. The van der Waals surface area contributed by atoms with Crippen molar-refractivity contribution in [1.82, 2.24) is 0 Å². The molecule has 5 nitrogen and oxygen atoms in total. The normalized spacial score (nSPS) is 33.3. The summed E-state index contributed by atoms with van der Waals surface area (Å²) in [6.07, 6.45) is -1.59. The van der Waals surface area contributed by atoms with Gasteiger partial charge in [-0.05, 0) is 19.4 Å². The molecular weight excluding hydrogens is 284 g/mol. The van der Waals surface area contributed by atoms with E-state index < -0.39 is 12.1 Å². The molecule has 0 saturated carbocycles. The Morgan fingerprint density at radius 3 is 2.59 bits per heavy atom. The predicted octanol–water partition coefficient (Wildman–Crippen LogP) is 2.61. The monoisotopic (exact) mass is 306 g/mol. The number of hydrogen-bond donors (Lipinski definition) is 0. The first-order valence-corrected chi connectivity index (χ1v) is 7.39. The Morgan fingerprint density at radius 2 is 1.91 bits per heavy atom. The van der Waals surface area contributed by atoms with Crippen molar-refractivity contribution in [3.63, 3.8) is 0 Å². The van der Waals surface area contributed by atoms with Crippen LogP contribution in [0.15, 0.2) is 42.7 Å². The highest BCUT2D eigenvalue weighted by atomic mass is 16.8. The summed E-state index contributed by atoms with van der Waals surface area (Å²) in [5, 5.41) is 0. The van der Waals surface area contributed by atoms with Gasteiger partial charge in [0.05, 0.1) is 6.61 Å². The van der Waals surface area contributed by atoms with Crippen LogP contribution >= 0.6 is 0 Å². The van der Waals surface area contributed by atoms with E-state index in [-0.39, 0.29) is 18.3 Å². The second kappa shape index (κ2) is 6.01. The van der Waals surface area contributed by atoms with Crippen LogP contribution in [0.4, 0.5) is 0 Å². The van der Waals surface area contributed by atoms with Crippen molar-refractivity contribution in [2.24, 2.45) is 0 Å². The number of hydrogen-bond acceptors (Lipinski definition) is 5. The van der Waals surface area contributed by atoms with Gasteiger partial charge in [0.15, 0.2) is 5.79 Å². The molecule has 1 aromatic rings. The van der Waals surface area contributed by atoms with Gasteiger partial charge in [0.25, 0.3) is 0 Å². The molecule has 0 aromatic heterocycles. The molecule has 0 N–H and O–H groups in total. The average Bonchev–Trinajstić information content (AvgIpc) is 2.83. The molecule has 2 saturated heterocycles. The van der Waals surface area contributed by atoms with Crippen LogP contribution in [-0.4, -0.2) is 37.5 Å². The highest BCUT2D eigenvalue weighted by Gasteiger charge is 2.54. The summed E-state index contributed by atoms with van der Waals surface area (Å²) in [5.74, 6) is -0.180. The number of benzene rings is 1. The zero-order valence-corrected chi connectivity index (χ0v) is 13.2. The first-order chi connectivity index (χ1) is 10.5. The van der Waals surface area contributed by atoms with Crippen LogP contribution in [0.3, 0.4) is 0 Å². The van der Waals surface area contributed by atoms with Crippen LogP contribution in [0.5, 0.6) is 0 Å². The molecule has 0 aliphatic carbocycles. The maximum atomic E-state index is 6.03. The van der Waals surface area contributed by atoms with Crippen LogP contribution in [0, 0.1) is 0 Å². The number of rotatable bonds is 4. The lowest BCUT2D eigenvalue weighted by Gasteiger charge is -2.38. The Labute approximate surface area is 130 Å². The van der Waals surface area contributed by atoms with Crippen LogP contribution in [0.1, 0.15) is 19.4 Å². The largest absolute Gasteiger partial charge is 0.464 e. The quantitative estimate of drug-likeness (QED) is 0.855. The van der Waals surface area contributed by atoms with Crippen molar-refractivity contribution in [2.45, 2.75) is 50.8 Å². The van der Waals surface area contributed by atoms with Crippen LogP contribution in [0.2, 0.25) is 0 Å². The molecule has 2 aliphatic rings.